The van der Waals surface area contributed by atoms with E-state index in [-0.39, 0.29) is 0 Å². The van der Waals surface area contributed by atoms with Crippen LogP contribution in [0, 0.1) is 0 Å². The molecule has 0 aliphatic heterocycles. The molecule has 1 N–H and O–H groups in total. The molecule has 7 heteroatoms. The minimum atomic E-state index is -3.15. The Kier molecular flexibility index (Phi) is 4.61. The third kappa shape index (κ3) is 3.94. The summed E-state index contributed by atoms with van der Waals surface area (Å²) in [6, 6.07) is 6.73. The summed E-state index contributed by atoms with van der Waals surface area (Å²) in [6.45, 7) is 2.78. The monoisotopic (exact) mass is 309 g/mol. The van der Waals surface area contributed by atoms with Crippen molar-refractivity contribution < 1.29 is 8.42 Å². The highest BCUT2D eigenvalue weighted by atomic mass is 32.2. The number of benzene rings is 1. The van der Waals surface area contributed by atoms with Crippen molar-refractivity contribution in [2.45, 2.75) is 21.7 Å². The molecule has 0 unspecified atom stereocenters. The molecule has 106 valence electrons. The van der Waals surface area contributed by atoms with Gasteiger partial charge in [-0.2, -0.15) is 0 Å². The number of sulfone groups is 1. The molecule has 0 saturated carbocycles. The first-order valence-corrected chi connectivity index (χ1v) is 8.73. The molecule has 1 aromatic carbocycles. The van der Waals surface area contributed by atoms with Gasteiger partial charge in [-0.3, -0.25) is 4.98 Å². The summed E-state index contributed by atoms with van der Waals surface area (Å²) >= 11 is 1.44. The molecule has 0 saturated heterocycles. The number of aromatic nitrogens is 2. The molecule has 0 aliphatic carbocycles. The summed E-state index contributed by atoms with van der Waals surface area (Å²) < 4.78 is 22.8. The highest BCUT2D eigenvalue weighted by molar-refractivity contribution is 7.99. The maximum atomic E-state index is 11.4. The van der Waals surface area contributed by atoms with E-state index in [1.807, 2.05) is 6.92 Å². The molecule has 0 bridgehead atoms. The predicted octanol–water partition coefficient (Wildman–Crippen LogP) is 2.46. The van der Waals surface area contributed by atoms with Crippen LogP contribution in [-0.4, -0.2) is 31.2 Å². The third-order valence-corrected chi connectivity index (χ3v) is 4.49. The minimum absolute atomic E-state index is 0.314. The first-order valence-electron chi connectivity index (χ1n) is 6.03. The van der Waals surface area contributed by atoms with Crippen molar-refractivity contribution >= 4 is 27.4 Å². The summed E-state index contributed by atoms with van der Waals surface area (Å²) in [7, 11) is -3.15. The molecule has 2 rings (SSSR count). The van der Waals surface area contributed by atoms with Crippen molar-refractivity contribution in [3.8, 4) is 0 Å². The Hall–Kier alpha value is -1.60. The lowest BCUT2D eigenvalue weighted by Gasteiger charge is -2.05. The third-order valence-electron chi connectivity index (χ3n) is 2.44. The number of nitrogens with zero attached hydrogens (tertiary/aromatic N) is 2. The number of hydrogen-bond donors (Lipinski definition) is 1. The molecule has 5 nitrogen and oxygen atoms in total. The second kappa shape index (κ2) is 6.23. The number of nitrogens with one attached hydrogen (secondary N) is 1. The van der Waals surface area contributed by atoms with Crippen LogP contribution >= 0.6 is 11.8 Å². The van der Waals surface area contributed by atoms with Crippen LogP contribution in [-0.2, 0) is 9.84 Å². The Morgan fingerprint density at radius 3 is 2.50 bits per heavy atom. The van der Waals surface area contributed by atoms with Crippen LogP contribution in [0.2, 0.25) is 0 Å². The van der Waals surface area contributed by atoms with Crippen LogP contribution in [0.15, 0.2) is 51.5 Å². The van der Waals surface area contributed by atoms with Gasteiger partial charge in [-0.25, -0.2) is 13.4 Å². The topological polar surface area (TPSA) is 72.0 Å². The van der Waals surface area contributed by atoms with Crippen LogP contribution in [0.4, 0.5) is 5.82 Å². The van der Waals surface area contributed by atoms with Gasteiger partial charge in [0.1, 0.15) is 10.8 Å². The zero-order valence-corrected chi connectivity index (χ0v) is 12.8. The maximum absolute atomic E-state index is 11.4. The zero-order chi connectivity index (χ0) is 14.6. The van der Waals surface area contributed by atoms with Gasteiger partial charge >= 0.3 is 0 Å². The predicted molar refractivity (Wildman–Crippen MR) is 79.9 cm³/mol. The Labute approximate surface area is 122 Å². The van der Waals surface area contributed by atoms with Crippen molar-refractivity contribution in [2.75, 3.05) is 18.1 Å². The van der Waals surface area contributed by atoms with E-state index in [0.29, 0.717) is 4.90 Å². The Morgan fingerprint density at radius 2 is 1.90 bits per heavy atom. The second-order valence-electron chi connectivity index (χ2n) is 4.12. The van der Waals surface area contributed by atoms with Gasteiger partial charge < -0.3 is 5.32 Å². The SMILES string of the molecule is CCNc1cncc(Sc2ccc(S(C)(=O)=O)cc2)n1. The highest BCUT2D eigenvalue weighted by Crippen LogP contribution is 2.27. The summed E-state index contributed by atoms with van der Waals surface area (Å²) in [5, 5.41) is 3.86. The van der Waals surface area contributed by atoms with Gasteiger partial charge in [0.2, 0.25) is 0 Å². The van der Waals surface area contributed by atoms with Crippen LogP contribution < -0.4 is 5.32 Å². The lowest BCUT2D eigenvalue weighted by atomic mass is 10.4. The van der Waals surface area contributed by atoms with Crippen molar-refractivity contribution in [1.82, 2.24) is 9.97 Å². The highest BCUT2D eigenvalue weighted by Gasteiger charge is 2.07. The average molecular weight is 309 g/mol. The number of hydrogen-bond acceptors (Lipinski definition) is 6. The average Bonchev–Trinajstić information content (AvgIpc) is 2.39. The molecular formula is C13H15N3O2S2. The smallest absolute Gasteiger partial charge is 0.175 e. The quantitative estimate of drug-likeness (QED) is 0.915. The Morgan fingerprint density at radius 1 is 1.20 bits per heavy atom. The number of rotatable bonds is 5. The first-order chi connectivity index (χ1) is 9.49. The van der Waals surface area contributed by atoms with Gasteiger partial charge in [-0.15, -0.1) is 0 Å². The molecule has 0 aliphatic rings. The standard InChI is InChI=1S/C13H15N3O2S2/c1-3-15-12-8-14-9-13(16-12)19-10-4-6-11(7-5-10)20(2,17)18/h4-9H,3H2,1-2H3,(H,15,16). The molecule has 0 radical (unpaired) electrons. The zero-order valence-electron chi connectivity index (χ0n) is 11.2. The second-order valence-corrected chi connectivity index (χ2v) is 7.23. The summed E-state index contributed by atoms with van der Waals surface area (Å²) in [4.78, 5) is 9.75. The molecule has 0 amide bonds. The fourth-order valence-electron chi connectivity index (χ4n) is 1.54. The fourth-order valence-corrected chi connectivity index (χ4v) is 2.94. The van der Waals surface area contributed by atoms with Crippen LogP contribution in [0.1, 0.15) is 6.92 Å². The van der Waals surface area contributed by atoms with Gasteiger partial charge in [0, 0.05) is 17.7 Å². The molecule has 1 aromatic heterocycles. The summed E-state index contributed by atoms with van der Waals surface area (Å²) in [5.74, 6) is 0.727. The van der Waals surface area contributed by atoms with Gasteiger partial charge in [0.05, 0.1) is 17.3 Å². The molecular weight excluding hydrogens is 294 g/mol. The summed E-state index contributed by atoms with van der Waals surface area (Å²) in [6.07, 6.45) is 4.54. The van der Waals surface area contributed by atoms with E-state index in [0.717, 1.165) is 22.3 Å². The van der Waals surface area contributed by atoms with Crippen molar-refractivity contribution in [2.24, 2.45) is 0 Å². The van der Waals surface area contributed by atoms with Crippen LogP contribution in [0.5, 0.6) is 0 Å². The minimum Gasteiger partial charge on any atom is -0.369 e. The summed E-state index contributed by atoms with van der Waals surface area (Å²) in [5.41, 5.74) is 0. The van der Waals surface area contributed by atoms with Crippen molar-refractivity contribution in [1.29, 1.82) is 0 Å². The maximum Gasteiger partial charge on any atom is 0.175 e. The first kappa shape index (κ1) is 14.8. The molecule has 0 fully saturated rings. The normalized spacial score (nSPS) is 11.3. The van der Waals surface area contributed by atoms with Gasteiger partial charge in [0.25, 0.3) is 0 Å². The lowest BCUT2D eigenvalue weighted by Crippen LogP contribution is -2.00. The van der Waals surface area contributed by atoms with Crippen molar-refractivity contribution in [3.05, 3.63) is 36.7 Å². The van der Waals surface area contributed by atoms with E-state index in [4.69, 9.17) is 0 Å². The molecule has 2 aromatic rings. The molecule has 0 spiro atoms. The molecule has 1 heterocycles. The van der Waals surface area contributed by atoms with E-state index in [2.05, 4.69) is 15.3 Å². The van der Waals surface area contributed by atoms with Gasteiger partial charge in [0.15, 0.2) is 9.84 Å². The van der Waals surface area contributed by atoms with Crippen LogP contribution in [0.25, 0.3) is 0 Å². The number of anilines is 1. The Bertz CT molecular complexity index is 685. The van der Waals surface area contributed by atoms with E-state index in [1.165, 1.54) is 18.0 Å². The van der Waals surface area contributed by atoms with Gasteiger partial charge in [-0.05, 0) is 31.2 Å². The van der Waals surface area contributed by atoms with E-state index < -0.39 is 9.84 Å². The fraction of sp³-hybridized carbons (Fsp3) is 0.231. The molecule has 20 heavy (non-hydrogen) atoms. The largest absolute Gasteiger partial charge is 0.369 e. The molecule has 0 atom stereocenters. The van der Waals surface area contributed by atoms with E-state index >= 15 is 0 Å². The van der Waals surface area contributed by atoms with Crippen molar-refractivity contribution in [3.63, 3.8) is 0 Å². The van der Waals surface area contributed by atoms with Gasteiger partial charge in [-0.1, -0.05) is 11.8 Å². The van der Waals surface area contributed by atoms with Crippen LogP contribution in [0.3, 0.4) is 0 Å². The van der Waals surface area contributed by atoms with E-state index in [1.54, 1.807) is 36.7 Å². The Balaban J connectivity index is 2.16. The van der Waals surface area contributed by atoms with E-state index in [9.17, 15) is 8.42 Å². The lowest BCUT2D eigenvalue weighted by molar-refractivity contribution is 0.602.